The Morgan fingerprint density at radius 2 is 1.70 bits per heavy atom. The van der Waals surface area contributed by atoms with Gasteiger partial charge in [-0.15, -0.1) is 0 Å². The summed E-state index contributed by atoms with van der Waals surface area (Å²) in [5.74, 6) is 0.346. The van der Waals surface area contributed by atoms with Gasteiger partial charge < -0.3 is 4.98 Å². The first-order valence-electron chi connectivity index (χ1n) is 8.47. The van der Waals surface area contributed by atoms with Crippen LogP contribution in [0, 0.1) is 0 Å². The molecule has 6 nitrogen and oxygen atoms in total. The molecule has 2 N–H and O–H groups in total. The van der Waals surface area contributed by atoms with Crippen molar-refractivity contribution >= 4 is 33.4 Å². The molecular weight excluding hydrogens is 366 g/mol. The Labute approximate surface area is 158 Å². The average molecular weight is 382 g/mol. The fraction of sp³-hybridized carbons (Fsp3) is 0.150. The van der Waals surface area contributed by atoms with Gasteiger partial charge in [0.05, 0.1) is 11.2 Å². The minimum absolute atomic E-state index is 0.0496. The molecule has 2 aromatic carbocycles. The number of benzene rings is 2. The molecule has 0 aliphatic rings. The highest BCUT2D eigenvalue weighted by molar-refractivity contribution is 6.31. The maximum atomic E-state index is 13.0. The number of aromatic nitrogens is 3. The van der Waals surface area contributed by atoms with Crippen LogP contribution in [0.25, 0.3) is 27.5 Å². The van der Waals surface area contributed by atoms with Crippen molar-refractivity contribution in [1.82, 2.24) is 14.8 Å². The lowest BCUT2D eigenvalue weighted by atomic mass is 10.0. The molecule has 2 aromatic heterocycles. The second kappa shape index (κ2) is 6.25. The van der Waals surface area contributed by atoms with Crippen LogP contribution in [-0.2, 0) is 0 Å². The van der Waals surface area contributed by atoms with Gasteiger partial charge in [0.2, 0.25) is 5.43 Å². The lowest BCUT2D eigenvalue weighted by molar-refractivity contribution is 0.795. The normalized spacial score (nSPS) is 11.6. The van der Waals surface area contributed by atoms with E-state index in [4.69, 9.17) is 11.6 Å². The summed E-state index contributed by atoms with van der Waals surface area (Å²) in [7, 11) is 0. The van der Waals surface area contributed by atoms with Crippen molar-refractivity contribution < 1.29 is 0 Å². The number of pyridine rings is 1. The zero-order valence-corrected chi connectivity index (χ0v) is 15.4. The van der Waals surface area contributed by atoms with E-state index in [-0.39, 0.29) is 10.9 Å². The number of rotatable bonds is 2. The summed E-state index contributed by atoms with van der Waals surface area (Å²) in [5, 5.41) is 3.04. The summed E-state index contributed by atoms with van der Waals surface area (Å²) in [5.41, 5.74) is 0.336. The van der Waals surface area contributed by atoms with Crippen LogP contribution in [0.5, 0.6) is 0 Å². The van der Waals surface area contributed by atoms with Crippen LogP contribution in [0.2, 0.25) is 5.02 Å². The van der Waals surface area contributed by atoms with Crippen molar-refractivity contribution in [3.63, 3.8) is 0 Å². The van der Waals surface area contributed by atoms with E-state index < -0.39 is 16.5 Å². The van der Waals surface area contributed by atoms with E-state index in [9.17, 15) is 14.4 Å². The third-order valence-corrected chi connectivity index (χ3v) is 4.87. The molecule has 0 radical (unpaired) electrons. The molecule has 0 unspecified atom stereocenters. The Hall–Kier alpha value is -3.12. The Morgan fingerprint density at radius 1 is 1.00 bits per heavy atom. The van der Waals surface area contributed by atoms with Gasteiger partial charge in [-0.2, -0.15) is 0 Å². The van der Waals surface area contributed by atoms with Crippen LogP contribution in [0.3, 0.4) is 0 Å². The average Bonchev–Trinajstić information content (AvgIpc) is 2.64. The van der Waals surface area contributed by atoms with Gasteiger partial charge in [-0.05, 0) is 41.8 Å². The second-order valence-electron chi connectivity index (χ2n) is 6.72. The van der Waals surface area contributed by atoms with Gasteiger partial charge in [0.25, 0.3) is 11.1 Å². The lowest BCUT2D eigenvalue weighted by Crippen LogP contribution is -2.32. The Bertz CT molecular complexity index is 1360. The second-order valence-corrected chi connectivity index (χ2v) is 7.16. The molecule has 0 aliphatic heterocycles. The SMILES string of the molecule is CC(C)c1ccc(-n2[nH]c(=O)c3c(=O)c4ccc(Cl)cc4[nH]c3c2=O)cc1. The van der Waals surface area contributed by atoms with Gasteiger partial charge >= 0.3 is 0 Å². The molecule has 2 heterocycles. The van der Waals surface area contributed by atoms with Crippen molar-refractivity contribution in [2.45, 2.75) is 19.8 Å². The van der Waals surface area contributed by atoms with Crippen LogP contribution in [0.1, 0.15) is 25.3 Å². The summed E-state index contributed by atoms with van der Waals surface area (Å²) in [6, 6.07) is 12.0. The van der Waals surface area contributed by atoms with Crippen molar-refractivity contribution in [2.75, 3.05) is 0 Å². The fourth-order valence-corrected chi connectivity index (χ4v) is 3.32. The minimum Gasteiger partial charge on any atom is -0.350 e. The van der Waals surface area contributed by atoms with Gasteiger partial charge in [-0.1, -0.05) is 37.6 Å². The molecule has 0 saturated heterocycles. The number of hydrogen-bond donors (Lipinski definition) is 2. The molecule has 0 aliphatic carbocycles. The molecule has 136 valence electrons. The Morgan fingerprint density at radius 3 is 2.37 bits per heavy atom. The van der Waals surface area contributed by atoms with Crippen LogP contribution >= 0.6 is 11.6 Å². The standard InChI is InChI=1S/C20H16ClN3O3/c1-10(2)11-3-6-13(7-4-11)24-20(27)17-16(19(26)23-24)18(25)14-8-5-12(21)9-15(14)22-17/h3-10H,1-2H3,(H,22,25)(H,23,26). The summed E-state index contributed by atoms with van der Waals surface area (Å²) < 4.78 is 1.14. The van der Waals surface area contributed by atoms with E-state index in [0.717, 1.165) is 10.2 Å². The van der Waals surface area contributed by atoms with Crippen LogP contribution in [0.4, 0.5) is 0 Å². The smallest absolute Gasteiger partial charge is 0.294 e. The van der Waals surface area contributed by atoms with Gasteiger partial charge in [0, 0.05) is 10.4 Å². The van der Waals surface area contributed by atoms with Crippen molar-refractivity contribution in [2.24, 2.45) is 0 Å². The van der Waals surface area contributed by atoms with E-state index in [0.29, 0.717) is 27.5 Å². The maximum absolute atomic E-state index is 13.0. The quantitative estimate of drug-likeness (QED) is 0.522. The first-order chi connectivity index (χ1) is 12.9. The molecule has 0 saturated carbocycles. The fourth-order valence-electron chi connectivity index (χ4n) is 3.15. The summed E-state index contributed by atoms with van der Waals surface area (Å²) in [6.07, 6.45) is 0. The minimum atomic E-state index is -0.629. The van der Waals surface area contributed by atoms with Crippen LogP contribution in [0.15, 0.2) is 56.8 Å². The molecule has 0 fully saturated rings. The third-order valence-electron chi connectivity index (χ3n) is 4.64. The number of hydrogen-bond acceptors (Lipinski definition) is 3. The monoisotopic (exact) mass is 381 g/mol. The molecule has 0 atom stereocenters. The van der Waals surface area contributed by atoms with Crippen molar-refractivity contribution in [3.05, 3.63) is 84.0 Å². The van der Waals surface area contributed by atoms with E-state index in [2.05, 4.69) is 23.9 Å². The van der Waals surface area contributed by atoms with E-state index in [1.54, 1.807) is 24.3 Å². The largest absolute Gasteiger partial charge is 0.350 e. The van der Waals surface area contributed by atoms with Crippen molar-refractivity contribution in [3.8, 4) is 5.69 Å². The third kappa shape index (κ3) is 2.78. The molecule has 7 heteroatoms. The van der Waals surface area contributed by atoms with E-state index in [1.807, 2.05) is 12.1 Å². The van der Waals surface area contributed by atoms with Gasteiger partial charge in [0.1, 0.15) is 10.9 Å². The first kappa shape index (κ1) is 17.3. The molecule has 4 aromatic rings. The Kier molecular flexibility index (Phi) is 4.00. The number of aromatic amines is 2. The summed E-state index contributed by atoms with van der Waals surface area (Å²) >= 11 is 5.99. The van der Waals surface area contributed by atoms with Gasteiger partial charge in [-0.3, -0.25) is 19.5 Å². The van der Waals surface area contributed by atoms with Crippen LogP contribution < -0.4 is 16.5 Å². The first-order valence-corrected chi connectivity index (χ1v) is 8.85. The summed E-state index contributed by atoms with van der Waals surface area (Å²) in [6.45, 7) is 4.14. The van der Waals surface area contributed by atoms with Crippen molar-refractivity contribution in [1.29, 1.82) is 0 Å². The number of fused-ring (bicyclic) bond motifs is 2. The molecule has 4 rings (SSSR count). The molecular formula is C20H16ClN3O3. The zero-order valence-electron chi connectivity index (χ0n) is 14.7. The zero-order chi connectivity index (χ0) is 19.3. The molecule has 0 spiro atoms. The predicted molar refractivity (Wildman–Crippen MR) is 107 cm³/mol. The topological polar surface area (TPSA) is 87.7 Å². The number of halogens is 1. The van der Waals surface area contributed by atoms with Crippen LogP contribution in [-0.4, -0.2) is 14.8 Å². The summed E-state index contributed by atoms with van der Waals surface area (Å²) in [4.78, 5) is 41.2. The molecule has 27 heavy (non-hydrogen) atoms. The Balaban J connectivity index is 2.06. The lowest BCUT2D eigenvalue weighted by Gasteiger charge is -2.10. The van der Waals surface area contributed by atoms with Gasteiger partial charge in [0.15, 0.2) is 0 Å². The number of nitrogens with one attached hydrogen (secondary N) is 2. The molecule has 0 amide bonds. The molecule has 0 bridgehead atoms. The maximum Gasteiger partial charge on any atom is 0.294 e. The highest BCUT2D eigenvalue weighted by Crippen LogP contribution is 2.17. The van der Waals surface area contributed by atoms with E-state index in [1.165, 1.54) is 6.07 Å². The van der Waals surface area contributed by atoms with Gasteiger partial charge in [-0.25, -0.2) is 4.68 Å². The number of nitrogens with zero attached hydrogens (tertiary/aromatic N) is 1. The van der Waals surface area contributed by atoms with E-state index >= 15 is 0 Å². The number of H-pyrrole nitrogens is 2. The highest BCUT2D eigenvalue weighted by atomic mass is 35.5. The highest BCUT2D eigenvalue weighted by Gasteiger charge is 2.15. The predicted octanol–water partition coefficient (Wildman–Crippen LogP) is 3.30.